The van der Waals surface area contributed by atoms with E-state index in [1.165, 1.54) is 5.56 Å². The average Bonchev–Trinajstić information content (AvgIpc) is 3.04. The van der Waals surface area contributed by atoms with Crippen LogP contribution in [0.1, 0.15) is 35.7 Å². The van der Waals surface area contributed by atoms with Gasteiger partial charge in [-0.25, -0.2) is 0 Å². The molecule has 0 aliphatic carbocycles. The number of amides is 3. The molecule has 190 valence electrons. The molecule has 1 atom stereocenters. The number of para-hydroxylation sites is 1. The number of benzene rings is 3. The summed E-state index contributed by atoms with van der Waals surface area (Å²) in [5, 5.41) is 2.91. The maximum Gasteiger partial charge on any atom is 0.260 e. The van der Waals surface area contributed by atoms with Crippen LogP contribution < -0.4 is 10.1 Å². The molecule has 3 aromatic rings. The Kier molecular flexibility index (Phi) is 7.21. The molecule has 2 aliphatic heterocycles. The number of aryl methyl sites for hydroxylation is 1. The first-order valence-electron chi connectivity index (χ1n) is 12.8. The minimum atomic E-state index is -0.754. The molecule has 0 bridgehead atoms. The lowest BCUT2D eigenvalue weighted by Crippen LogP contribution is -2.60. The lowest BCUT2D eigenvalue weighted by atomic mass is 9.99. The van der Waals surface area contributed by atoms with E-state index in [0.717, 1.165) is 30.4 Å². The van der Waals surface area contributed by atoms with Crippen LogP contribution in [0.4, 0.5) is 5.69 Å². The Bertz CT molecular complexity index is 1290. The highest BCUT2D eigenvalue weighted by Gasteiger charge is 2.40. The molecule has 7 heteroatoms. The standard InChI is InChI=1S/C30H31N3O4/c1-2-3-7-21-10-12-22(13-11-21)23-14-15-26-25(18-23)30(36)33-17-16-32(19-27(33)29(35)31-26)28(34)20-37-24-8-5-4-6-9-24/h4-6,8-15,18,27H,2-3,7,16-17,19-20H2,1H3,(H,31,35). The van der Waals surface area contributed by atoms with Gasteiger partial charge in [0.15, 0.2) is 6.61 Å². The van der Waals surface area contributed by atoms with Crippen LogP contribution in [0, 0.1) is 0 Å². The first kappa shape index (κ1) is 24.6. The SMILES string of the molecule is CCCCc1ccc(-c2ccc3c(c2)C(=O)N2CCN(C(=O)COc4ccccc4)CC2C(=O)N3)cc1. The van der Waals surface area contributed by atoms with Crippen molar-refractivity contribution in [1.29, 1.82) is 0 Å². The van der Waals surface area contributed by atoms with Gasteiger partial charge < -0.3 is 19.9 Å². The topological polar surface area (TPSA) is 79.0 Å². The number of hydrogen-bond acceptors (Lipinski definition) is 4. The predicted octanol–water partition coefficient (Wildman–Crippen LogP) is 4.38. The number of carbonyl (C=O) groups excluding carboxylic acids is 3. The van der Waals surface area contributed by atoms with Crippen LogP contribution in [0.25, 0.3) is 11.1 Å². The molecule has 37 heavy (non-hydrogen) atoms. The van der Waals surface area contributed by atoms with Gasteiger partial charge in [0.25, 0.3) is 11.8 Å². The van der Waals surface area contributed by atoms with Gasteiger partial charge in [0.2, 0.25) is 5.91 Å². The van der Waals surface area contributed by atoms with E-state index in [-0.39, 0.29) is 37.4 Å². The zero-order chi connectivity index (χ0) is 25.8. The molecule has 1 unspecified atom stereocenters. The van der Waals surface area contributed by atoms with Crippen LogP contribution in [0.2, 0.25) is 0 Å². The molecule has 3 aromatic carbocycles. The Morgan fingerprint density at radius 2 is 1.73 bits per heavy atom. The maximum absolute atomic E-state index is 13.6. The first-order valence-corrected chi connectivity index (χ1v) is 12.8. The number of fused-ring (bicyclic) bond motifs is 2. The molecule has 0 aromatic heterocycles. The van der Waals surface area contributed by atoms with Crippen molar-refractivity contribution in [2.75, 3.05) is 31.6 Å². The van der Waals surface area contributed by atoms with Gasteiger partial charge in [0.05, 0.1) is 17.8 Å². The molecule has 5 rings (SSSR count). The Morgan fingerprint density at radius 3 is 2.49 bits per heavy atom. The molecule has 3 amide bonds. The molecule has 1 saturated heterocycles. The molecular weight excluding hydrogens is 466 g/mol. The van der Waals surface area contributed by atoms with Crippen LogP contribution in [0.5, 0.6) is 5.75 Å². The monoisotopic (exact) mass is 497 g/mol. The zero-order valence-electron chi connectivity index (χ0n) is 21.0. The van der Waals surface area contributed by atoms with Crippen LogP contribution in [-0.2, 0) is 16.0 Å². The van der Waals surface area contributed by atoms with Crippen LogP contribution in [0.15, 0.2) is 72.8 Å². The van der Waals surface area contributed by atoms with Crippen LogP contribution >= 0.6 is 0 Å². The summed E-state index contributed by atoms with van der Waals surface area (Å²) in [7, 11) is 0. The molecule has 1 N–H and O–H groups in total. The van der Waals surface area contributed by atoms with E-state index in [9.17, 15) is 14.4 Å². The molecule has 0 saturated carbocycles. The highest BCUT2D eigenvalue weighted by Crippen LogP contribution is 2.30. The number of anilines is 1. The van der Waals surface area contributed by atoms with E-state index < -0.39 is 6.04 Å². The van der Waals surface area contributed by atoms with Gasteiger partial charge in [-0.2, -0.15) is 0 Å². The number of carbonyl (C=O) groups is 3. The summed E-state index contributed by atoms with van der Waals surface area (Å²) < 4.78 is 5.59. The van der Waals surface area contributed by atoms with Gasteiger partial charge in [-0.3, -0.25) is 14.4 Å². The Balaban J connectivity index is 1.30. The fourth-order valence-electron chi connectivity index (χ4n) is 4.86. The first-order chi connectivity index (χ1) is 18.0. The summed E-state index contributed by atoms with van der Waals surface area (Å²) in [5.41, 5.74) is 4.22. The minimum Gasteiger partial charge on any atom is -0.484 e. The molecular formula is C30H31N3O4. The molecule has 0 spiro atoms. The minimum absolute atomic E-state index is 0.118. The van der Waals surface area contributed by atoms with E-state index in [4.69, 9.17) is 4.74 Å². The highest BCUT2D eigenvalue weighted by molar-refractivity contribution is 6.10. The number of unbranched alkanes of at least 4 members (excludes halogenated alkanes) is 1. The van der Waals surface area contributed by atoms with Crippen LogP contribution in [-0.4, -0.2) is 59.8 Å². The van der Waals surface area contributed by atoms with E-state index >= 15 is 0 Å². The second-order valence-electron chi connectivity index (χ2n) is 9.51. The van der Waals surface area contributed by atoms with Crippen molar-refractivity contribution < 1.29 is 19.1 Å². The molecule has 2 aliphatic rings. The van der Waals surface area contributed by atoms with Crippen molar-refractivity contribution in [3.8, 4) is 16.9 Å². The van der Waals surface area contributed by atoms with Gasteiger partial charge in [-0.15, -0.1) is 0 Å². The van der Waals surface area contributed by atoms with Crippen molar-refractivity contribution in [2.24, 2.45) is 0 Å². The predicted molar refractivity (Wildman–Crippen MR) is 142 cm³/mol. The number of ether oxygens (including phenoxy) is 1. The van der Waals surface area contributed by atoms with E-state index in [1.54, 1.807) is 28.0 Å². The summed E-state index contributed by atoms with van der Waals surface area (Å²) in [6.07, 6.45) is 3.37. The van der Waals surface area contributed by atoms with Gasteiger partial charge in [0, 0.05) is 13.1 Å². The third-order valence-corrected chi connectivity index (χ3v) is 7.02. The Morgan fingerprint density at radius 1 is 0.973 bits per heavy atom. The van der Waals surface area contributed by atoms with E-state index in [2.05, 4.69) is 36.5 Å². The number of piperazine rings is 1. The molecule has 1 fully saturated rings. The van der Waals surface area contributed by atoms with E-state index in [1.807, 2.05) is 30.3 Å². The van der Waals surface area contributed by atoms with Crippen molar-refractivity contribution in [3.63, 3.8) is 0 Å². The van der Waals surface area contributed by atoms with Gasteiger partial charge in [-0.05, 0) is 53.8 Å². The summed E-state index contributed by atoms with van der Waals surface area (Å²) in [5.74, 6) is -0.0945. The second kappa shape index (κ2) is 10.9. The Labute approximate surface area is 217 Å². The fourth-order valence-corrected chi connectivity index (χ4v) is 4.86. The number of rotatable bonds is 7. The number of nitrogens with one attached hydrogen (secondary N) is 1. The number of hydrogen-bond donors (Lipinski definition) is 1. The normalized spacial score (nSPS) is 16.9. The largest absolute Gasteiger partial charge is 0.484 e. The highest BCUT2D eigenvalue weighted by atomic mass is 16.5. The summed E-state index contributed by atoms with van der Waals surface area (Å²) in [6.45, 7) is 2.83. The van der Waals surface area contributed by atoms with Crippen molar-refractivity contribution >= 4 is 23.4 Å². The zero-order valence-corrected chi connectivity index (χ0v) is 21.0. The van der Waals surface area contributed by atoms with Gasteiger partial charge in [-0.1, -0.05) is 61.9 Å². The smallest absolute Gasteiger partial charge is 0.260 e. The summed E-state index contributed by atoms with van der Waals surface area (Å²) >= 11 is 0. The summed E-state index contributed by atoms with van der Waals surface area (Å²) in [6, 6.07) is 22.4. The molecule has 0 radical (unpaired) electrons. The van der Waals surface area contributed by atoms with E-state index in [0.29, 0.717) is 23.5 Å². The third-order valence-electron chi connectivity index (χ3n) is 7.02. The summed E-state index contributed by atoms with van der Waals surface area (Å²) in [4.78, 5) is 42.6. The maximum atomic E-state index is 13.6. The van der Waals surface area contributed by atoms with Crippen molar-refractivity contribution in [1.82, 2.24) is 9.80 Å². The quantitative estimate of drug-likeness (QED) is 0.526. The average molecular weight is 498 g/mol. The van der Waals surface area contributed by atoms with Gasteiger partial charge in [0.1, 0.15) is 11.8 Å². The number of nitrogens with zero attached hydrogens (tertiary/aromatic N) is 2. The lowest BCUT2D eigenvalue weighted by molar-refractivity contribution is -0.137. The van der Waals surface area contributed by atoms with Gasteiger partial charge >= 0.3 is 0 Å². The third kappa shape index (κ3) is 5.35. The Hall–Kier alpha value is -4.13. The molecule has 7 nitrogen and oxygen atoms in total. The van der Waals surface area contributed by atoms with Crippen molar-refractivity contribution in [3.05, 3.63) is 83.9 Å². The van der Waals surface area contributed by atoms with Crippen molar-refractivity contribution in [2.45, 2.75) is 32.2 Å². The lowest BCUT2D eigenvalue weighted by Gasteiger charge is -2.39. The van der Waals surface area contributed by atoms with Crippen LogP contribution in [0.3, 0.4) is 0 Å². The second-order valence-corrected chi connectivity index (χ2v) is 9.51. The molecule has 2 heterocycles. The fraction of sp³-hybridized carbons (Fsp3) is 0.300.